The largest absolute Gasteiger partial charge is 0.466 e. The summed E-state index contributed by atoms with van der Waals surface area (Å²) in [6.07, 6.45) is 13.0. The number of allylic oxidation sites excluding steroid dienone is 5. The molecule has 29 heavy (non-hydrogen) atoms. The van der Waals surface area contributed by atoms with Crippen molar-refractivity contribution in [3.8, 4) is 0 Å². The molecular weight excluding hydrogens is 356 g/mol. The van der Waals surface area contributed by atoms with Gasteiger partial charge in [0.2, 0.25) is 0 Å². The number of rotatable bonds is 4. The Morgan fingerprint density at radius 1 is 1.00 bits per heavy atom. The predicted octanol–water partition coefficient (Wildman–Crippen LogP) is 7.04. The number of hydrogen-bond donors (Lipinski definition) is 0. The van der Waals surface area contributed by atoms with Gasteiger partial charge in [-0.25, -0.2) is 4.79 Å². The van der Waals surface area contributed by atoms with Crippen LogP contribution in [0.25, 0.3) is 5.57 Å². The van der Waals surface area contributed by atoms with Crippen molar-refractivity contribution in [2.24, 2.45) is 0 Å². The number of carbonyl (C=O) groups excluding carboxylic acids is 1. The molecule has 1 aromatic rings. The molecule has 2 aliphatic carbocycles. The van der Waals surface area contributed by atoms with E-state index >= 15 is 0 Å². The van der Waals surface area contributed by atoms with Gasteiger partial charge in [-0.1, -0.05) is 58.0 Å². The topological polar surface area (TPSA) is 26.3 Å². The molecule has 156 valence electrons. The molecule has 0 bridgehead atoms. The number of fused-ring (bicyclic) bond motifs is 1. The van der Waals surface area contributed by atoms with Crippen LogP contribution in [-0.2, 0) is 20.4 Å². The molecule has 0 heterocycles. The Kier molecular flexibility index (Phi) is 6.22. The lowest BCUT2D eigenvalue weighted by Gasteiger charge is -2.42. The van der Waals surface area contributed by atoms with Crippen LogP contribution in [0.2, 0.25) is 0 Å². The first-order valence-electron chi connectivity index (χ1n) is 11.0. The standard InChI is InChI=1S/C27H36O2/c1-19(17-25(28)29-6)11-12-20-9-7-8-10-22(20)21-13-14-23-24(18-21)27(4,5)16-15-26(23,2)3/h11-14,17-18H,7-10,15-16H2,1-6H3. The maximum absolute atomic E-state index is 11.5. The van der Waals surface area contributed by atoms with Crippen LogP contribution >= 0.6 is 0 Å². The minimum Gasteiger partial charge on any atom is -0.466 e. The quantitative estimate of drug-likeness (QED) is 0.312. The van der Waals surface area contributed by atoms with Crippen LogP contribution in [0.3, 0.4) is 0 Å². The lowest BCUT2D eigenvalue weighted by Crippen LogP contribution is -2.33. The second kappa shape index (κ2) is 8.34. The molecule has 1 aromatic carbocycles. The zero-order chi connectivity index (χ0) is 21.2. The summed E-state index contributed by atoms with van der Waals surface area (Å²) in [6.45, 7) is 11.5. The van der Waals surface area contributed by atoms with E-state index in [0.717, 1.165) is 18.4 Å². The molecule has 0 fully saturated rings. The summed E-state index contributed by atoms with van der Waals surface area (Å²) >= 11 is 0. The molecule has 2 heteroatoms. The number of ether oxygens (including phenoxy) is 1. The molecule has 0 unspecified atom stereocenters. The molecular formula is C27H36O2. The third-order valence-corrected chi connectivity index (χ3v) is 6.81. The van der Waals surface area contributed by atoms with E-state index in [9.17, 15) is 4.79 Å². The van der Waals surface area contributed by atoms with Crippen LogP contribution < -0.4 is 0 Å². The van der Waals surface area contributed by atoms with Crippen LogP contribution in [0.4, 0.5) is 0 Å². The minimum atomic E-state index is -0.301. The first-order chi connectivity index (χ1) is 13.6. The molecule has 0 radical (unpaired) electrons. The van der Waals surface area contributed by atoms with E-state index in [4.69, 9.17) is 4.74 Å². The monoisotopic (exact) mass is 392 g/mol. The zero-order valence-corrected chi connectivity index (χ0v) is 19.0. The van der Waals surface area contributed by atoms with Gasteiger partial charge in [0.15, 0.2) is 0 Å². The normalized spacial score (nSPS) is 21.2. The van der Waals surface area contributed by atoms with E-state index in [1.807, 2.05) is 13.0 Å². The number of benzene rings is 1. The highest BCUT2D eigenvalue weighted by Gasteiger charge is 2.37. The maximum Gasteiger partial charge on any atom is 0.330 e. The molecule has 0 saturated carbocycles. The summed E-state index contributed by atoms with van der Waals surface area (Å²) in [5.74, 6) is -0.301. The van der Waals surface area contributed by atoms with Gasteiger partial charge in [-0.3, -0.25) is 0 Å². The van der Waals surface area contributed by atoms with Crippen LogP contribution in [-0.4, -0.2) is 13.1 Å². The van der Waals surface area contributed by atoms with E-state index in [1.54, 1.807) is 6.08 Å². The van der Waals surface area contributed by atoms with Crippen molar-refractivity contribution >= 4 is 11.5 Å². The van der Waals surface area contributed by atoms with Gasteiger partial charge in [-0.2, -0.15) is 0 Å². The molecule has 2 aliphatic rings. The van der Waals surface area contributed by atoms with Crippen molar-refractivity contribution in [1.82, 2.24) is 0 Å². The Labute approximate surface area is 176 Å². The van der Waals surface area contributed by atoms with Crippen molar-refractivity contribution in [2.45, 2.75) is 84.0 Å². The Hall–Kier alpha value is -2.09. The number of carbonyl (C=O) groups is 1. The van der Waals surface area contributed by atoms with Crippen molar-refractivity contribution in [3.05, 3.63) is 64.3 Å². The van der Waals surface area contributed by atoms with E-state index < -0.39 is 0 Å². The maximum atomic E-state index is 11.5. The molecule has 0 amide bonds. The average molecular weight is 393 g/mol. The van der Waals surface area contributed by atoms with Crippen LogP contribution in [0, 0.1) is 0 Å². The Balaban J connectivity index is 2.01. The van der Waals surface area contributed by atoms with Gasteiger partial charge < -0.3 is 4.74 Å². The molecule has 3 rings (SSSR count). The molecule has 0 aliphatic heterocycles. The van der Waals surface area contributed by atoms with Gasteiger partial charge in [0.1, 0.15) is 0 Å². The summed E-state index contributed by atoms with van der Waals surface area (Å²) in [5, 5.41) is 0. The molecule has 0 saturated heterocycles. The number of esters is 1. The fraction of sp³-hybridized carbons (Fsp3) is 0.519. The average Bonchev–Trinajstić information content (AvgIpc) is 2.70. The SMILES string of the molecule is COC(=O)C=C(C)C=CC1=C(c2ccc3c(c2)C(C)(C)CCC3(C)C)CCCC1. The van der Waals surface area contributed by atoms with Crippen LogP contribution in [0.15, 0.2) is 47.6 Å². The molecule has 0 N–H and O–H groups in total. The second-order valence-corrected chi connectivity index (χ2v) is 9.98. The fourth-order valence-electron chi connectivity index (χ4n) is 4.74. The van der Waals surface area contributed by atoms with Crippen LogP contribution in [0.5, 0.6) is 0 Å². The highest BCUT2D eigenvalue weighted by atomic mass is 16.5. The summed E-state index contributed by atoms with van der Waals surface area (Å²) in [4.78, 5) is 11.5. The molecule has 0 atom stereocenters. The Bertz CT molecular complexity index is 878. The van der Waals surface area contributed by atoms with E-state index in [1.165, 1.54) is 60.6 Å². The van der Waals surface area contributed by atoms with Crippen molar-refractivity contribution < 1.29 is 9.53 Å². The van der Waals surface area contributed by atoms with Crippen LogP contribution in [0.1, 0.15) is 89.8 Å². The molecule has 2 nitrogen and oxygen atoms in total. The van der Waals surface area contributed by atoms with E-state index in [0.29, 0.717) is 0 Å². The Morgan fingerprint density at radius 2 is 1.66 bits per heavy atom. The highest BCUT2D eigenvalue weighted by Crippen LogP contribution is 2.47. The first-order valence-corrected chi connectivity index (χ1v) is 11.0. The van der Waals surface area contributed by atoms with Gasteiger partial charge in [0.05, 0.1) is 7.11 Å². The van der Waals surface area contributed by atoms with Crippen molar-refractivity contribution in [3.63, 3.8) is 0 Å². The zero-order valence-electron chi connectivity index (χ0n) is 19.0. The number of hydrogen-bond acceptors (Lipinski definition) is 2. The first kappa shape index (κ1) is 21.6. The smallest absolute Gasteiger partial charge is 0.330 e. The van der Waals surface area contributed by atoms with Gasteiger partial charge in [-0.05, 0) is 89.7 Å². The fourth-order valence-corrected chi connectivity index (χ4v) is 4.74. The van der Waals surface area contributed by atoms with Crippen molar-refractivity contribution in [2.75, 3.05) is 7.11 Å². The third-order valence-electron chi connectivity index (χ3n) is 6.81. The van der Waals surface area contributed by atoms with Gasteiger partial charge in [0.25, 0.3) is 0 Å². The second-order valence-electron chi connectivity index (χ2n) is 9.98. The summed E-state index contributed by atoms with van der Waals surface area (Å²) < 4.78 is 4.73. The lowest BCUT2D eigenvalue weighted by atomic mass is 9.62. The van der Waals surface area contributed by atoms with Gasteiger partial charge >= 0.3 is 5.97 Å². The lowest BCUT2D eigenvalue weighted by molar-refractivity contribution is -0.134. The summed E-state index contributed by atoms with van der Waals surface area (Å²) in [5.41, 5.74) is 8.69. The molecule has 0 aromatic heterocycles. The van der Waals surface area contributed by atoms with Gasteiger partial charge in [-0.15, -0.1) is 0 Å². The predicted molar refractivity (Wildman–Crippen MR) is 122 cm³/mol. The summed E-state index contributed by atoms with van der Waals surface area (Å²) in [6, 6.07) is 7.20. The third kappa shape index (κ3) is 4.74. The number of methoxy groups -OCH3 is 1. The van der Waals surface area contributed by atoms with Crippen molar-refractivity contribution in [1.29, 1.82) is 0 Å². The van der Waals surface area contributed by atoms with E-state index in [-0.39, 0.29) is 16.8 Å². The molecule has 0 spiro atoms. The highest BCUT2D eigenvalue weighted by molar-refractivity contribution is 5.83. The minimum absolute atomic E-state index is 0.228. The summed E-state index contributed by atoms with van der Waals surface area (Å²) in [7, 11) is 1.41. The Morgan fingerprint density at radius 3 is 2.34 bits per heavy atom. The van der Waals surface area contributed by atoms with E-state index in [2.05, 4.69) is 52.0 Å². The van der Waals surface area contributed by atoms with Gasteiger partial charge in [0, 0.05) is 6.08 Å².